The van der Waals surface area contributed by atoms with Gasteiger partial charge in [-0.05, 0) is 55.7 Å². The van der Waals surface area contributed by atoms with E-state index in [1.165, 1.54) is 0 Å². The molecule has 0 aliphatic rings. The Labute approximate surface area is 137 Å². The first-order valence-corrected chi connectivity index (χ1v) is 7.63. The number of hydrogen-bond acceptors (Lipinski definition) is 3. The molecule has 23 heavy (non-hydrogen) atoms. The topological polar surface area (TPSA) is 58.6 Å². The number of nitrogens with one attached hydrogen (secondary N) is 1. The monoisotopic (exact) mass is 313 g/mol. The molecule has 0 fully saturated rings. The number of carbonyl (C=O) groups is 1. The summed E-state index contributed by atoms with van der Waals surface area (Å²) in [6.45, 7) is 3.91. The van der Waals surface area contributed by atoms with Crippen molar-refractivity contribution in [3.63, 3.8) is 0 Å². The van der Waals surface area contributed by atoms with Gasteiger partial charge in [-0.25, -0.2) is 0 Å². The van der Waals surface area contributed by atoms with Crippen molar-refractivity contribution in [3.8, 4) is 5.75 Å². The van der Waals surface area contributed by atoms with Crippen molar-refractivity contribution < 1.29 is 14.6 Å². The van der Waals surface area contributed by atoms with Crippen molar-refractivity contribution in [1.82, 2.24) is 0 Å². The lowest BCUT2D eigenvalue weighted by Gasteiger charge is -2.24. The molecule has 2 aromatic rings. The van der Waals surface area contributed by atoms with E-state index in [1.54, 1.807) is 7.11 Å². The number of methoxy groups -OCH3 is 1. The van der Waals surface area contributed by atoms with Gasteiger partial charge in [-0.2, -0.15) is 0 Å². The number of ether oxygens (including phenoxy) is 1. The molecule has 1 amide bonds. The van der Waals surface area contributed by atoms with Crippen molar-refractivity contribution in [1.29, 1.82) is 0 Å². The highest BCUT2D eigenvalue weighted by Crippen LogP contribution is 2.27. The quantitative estimate of drug-likeness (QED) is 0.861. The lowest BCUT2D eigenvalue weighted by Crippen LogP contribution is -2.34. The van der Waals surface area contributed by atoms with Crippen LogP contribution in [0.4, 0.5) is 5.69 Å². The van der Waals surface area contributed by atoms with Gasteiger partial charge in [0.2, 0.25) is 5.91 Å². The van der Waals surface area contributed by atoms with E-state index in [2.05, 4.69) is 5.32 Å². The Kier molecular flexibility index (Phi) is 5.40. The molecular formula is C19H23NO3. The van der Waals surface area contributed by atoms with Gasteiger partial charge in [-0.15, -0.1) is 0 Å². The Bertz CT molecular complexity index is 645. The molecule has 0 bridgehead atoms. The summed E-state index contributed by atoms with van der Waals surface area (Å²) in [6.07, 6.45) is 0.617. The minimum Gasteiger partial charge on any atom is -0.497 e. The second-order valence-corrected chi connectivity index (χ2v) is 5.98. The molecule has 0 aromatic heterocycles. The van der Waals surface area contributed by atoms with Gasteiger partial charge in [0, 0.05) is 12.3 Å². The van der Waals surface area contributed by atoms with Crippen LogP contribution < -0.4 is 10.1 Å². The average molecular weight is 313 g/mol. The zero-order chi connectivity index (χ0) is 16.9. The molecule has 0 saturated heterocycles. The highest BCUT2D eigenvalue weighted by atomic mass is 16.5. The standard InChI is InChI=1S/C19H23NO3/c1-19(2,15-6-10-17(23-3)11-7-15)18(22)20-16-8-4-14(5-9-16)12-13-21/h4-11,21H,12-13H2,1-3H3,(H,20,22). The van der Waals surface area contributed by atoms with Crippen LogP contribution in [0.25, 0.3) is 0 Å². The number of rotatable bonds is 6. The maximum atomic E-state index is 12.6. The third-order valence-corrected chi connectivity index (χ3v) is 3.99. The Morgan fingerprint density at radius 3 is 2.22 bits per heavy atom. The minimum absolute atomic E-state index is 0.0717. The van der Waals surface area contributed by atoms with Crippen LogP contribution in [-0.2, 0) is 16.6 Å². The van der Waals surface area contributed by atoms with E-state index in [-0.39, 0.29) is 12.5 Å². The summed E-state index contributed by atoms with van der Waals surface area (Å²) in [5.74, 6) is 0.696. The first kappa shape index (κ1) is 17.0. The lowest BCUT2D eigenvalue weighted by molar-refractivity contribution is -0.120. The van der Waals surface area contributed by atoms with E-state index in [9.17, 15) is 4.79 Å². The normalized spacial score (nSPS) is 11.1. The van der Waals surface area contributed by atoms with E-state index in [1.807, 2.05) is 62.4 Å². The van der Waals surface area contributed by atoms with Crippen molar-refractivity contribution in [2.75, 3.05) is 19.0 Å². The summed E-state index contributed by atoms with van der Waals surface area (Å²) in [5, 5.41) is 11.9. The molecule has 122 valence electrons. The van der Waals surface area contributed by atoms with Crippen LogP contribution >= 0.6 is 0 Å². The van der Waals surface area contributed by atoms with Gasteiger partial charge < -0.3 is 15.2 Å². The number of amides is 1. The fourth-order valence-corrected chi connectivity index (χ4v) is 2.31. The third-order valence-electron chi connectivity index (χ3n) is 3.99. The zero-order valence-corrected chi connectivity index (χ0v) is 13.8. The number of carbonyl (C=O) groups excluding carboxylic acids is 1. The van der Waals surface area contributed by atoms with Crippen LogP contribution in [0.15, 0.2) is 48.5 Å². The number of aliphatic hydroxyl groups is 1. The first-order valence-electron chi connectivity index (χ1n) is 7.63. The zero-order valence-electron chi connectivity index (χ0n) is 13.8. The highest BCUT2D eigenvalue weighted by Gasteiger charge is 2.29. The Hall–Kier alpha value is -2.33. The molecule has 4 nitrogen and oxygen atoms in total. The van der Waals surface area contributed by atoms with Gasteiger partial charge in [0.25, 0.3) is 0 Å². The predicted octanol–water partition coefficient (Wildman–Crippen LogP) is 3.15. The number of anilines is 1. The van der Waals surface area contributed by atoms with E-state index in [4.69, 9.17) is 9.84 Å². The number of hydrogen-bond donors (Lipinski definition) is 2. The SMILES string of the molecule is COc1ccc(C(C)(C)C(=O)Nc2ccc(CCO)cc2)cc1. The molecule has 0 saturated carbocycles. The van der Waals surface area contributed by atoms with Crippen molar-refractivity contribution in [2.45, 2.75) is 25.7 Å². The van der Waals surface area contributed by atoms with Crippen LogP contribution in [0.3, 0.4) is 0 Å². The van der Waals surface area contributed by atoms with E-state index in [0.717, 1.165) is 22.6 Å². The molecule has 4 heteroatoms. The molecule has 2 aromatic carbocycles. The largest absolute Gasteiger partial charge is 0.497 e. The van der Waals surface area contributed by atoms with Gasteiger partial charge in [0.1, 0.15) is 5.75 Å². The van der Waals surface area contributed by atoms with Crippen LogP contribution in [0.5, 0.6) is 5.75 Å². The molecule has 0 radical (unpaired) electrons. The molecule has 0 heterocycles. The average Bonchev–Trinajstić information content (AvgIpc) is 2.57. The summed E-state index contributed by atoms with van der Waals surface area (Å²) in [4.78, 5) is 12.6. The van der Waals surface area contributed by atoms with E-state index in [0.29, 0.717) is 6.42 Å². The Balaban J connectivity index is 2.10. The van der Waals surface area contributed by atoms with Gasteiger partial charge in [0.15, 0.2) is 0 Å². The van der Waals surface area contributed by atoms with Crippen molar-refractivity contribution in [3.05, 3.63) is 59.7 Å². The smallest absolute Gasteiger partial charge is 0.234 e. The van der Waals surface area contributed by atoms with Crippen LogP contribution in [-0.4, -0.2) is 24.7 Å². The Morgan fingerprint density at radius 1 is 1.09 bits per heavy atom. The van der Waals surface area contributed by atoms with E-state index < -0.39 is 5.41 Å². The second-order valence-electron chi connectivity index (χ2n) is 5.98. The molecular weight excluding hydrogens is 290 g/mol. The molecule has 0 atom stereocenters. The molecule has 0 aliphatic heterocycles. The van der Waals surface area contributed by atoms with Crippen LogP contribution in [0.2, 0.25) is 0 Å². The van der Waals surface area contributed by atoms with Gasteiger partial charge in [-0.1, -0.05) is 24.3 Å². The molecule has 0 unspecified atom stereocenters. The summed E-state index contributed by atoms with van der Waals surface area (Å²) in [7, 11) is 1.62. The van der Waals surface area contributed by atoms with Crippen molar-refractivity contribution in [2.24, 2.45) is 0 Å². The fraction of sp³-hybridized carbons (Fsp3) is 0.316. The maximum absolute atomic E-state index is 12.6. The molecule has 0 aliphatic carbocycles. The summed E-state index contributed by atoms with van der Waals surface area (Å²) >= 11 is 0. The summed E-state index contributed by atoms with van der Waals surface area (Å²) in [6, 6.07) is 15.0. The Morgan fingerprint density at radius 2 is 1.70 bits per heavy atom. The summed E-state index contributed by atoms with van der Waals surface area (Å²) in [5.41, 5.74) is 2.06. The number of aliphatic hydroxyl groups excluding tert-OH is 1. The first-order chi connectivity index (χ1) is 11.0. The molecule has 2 rings (SSSR count). The van der Waals surface area contributed by atoms with Gasteiger partial charge in [0.05, 0.1) is 12.5 Å². The molecule has 0 spiro atoms. The van der Waals surface area contributed by atoms with E-state index >= 15 is 0 Å². The van der Waals surface area contributed by atoms with Crippen LogP contribution in [0, 0.1) is 0 Å². The fourth-order valence-electron chi connectivity index (χ4n) is 2.31. The lowest BCUT2D eigenvalue weighted by atomic mass is 9.83. The predicted molar refractivity (Wildman–Crippen MR) is 91.9 cm³/mol. The second kappa shape index (κ2) is 7.29. The highest BCUT2D eigenvalue weighted by molar-refractivity contribution is 5.98. The third kappa shape index (κ3) is 4.11. The van der Waals surface area contributed by atoms with Crippen LogP contribution in [0.1, 0.15) is 25.0 Å². The summed E-state index contributed by atoms with van der Waals surface area (Å²) < 4.78 is 5.15. The number of benzene rings is 2. The molecule has 2 N–H and O–H groups in total. The maximum Gasteiger partial charge on any atom is 0.234 e. The van der Waals surface area contributed by atoms with Gasteiger partial charge in [-0.3, -0.25) is 4.79 Å². The minimum atomic E-state index is -0.657. The van der Waals surface area contributed by atoms with Crippen molar-refractivity contribution >= 4 is 11.6 Å². The van der Waals surface area contributed by atoms with Gasteiger partial charge >= 0.3 is 0 Å².